The normalized spacial score (nSPS) is 10.6. The summed E-state index contributed by atoms with van der Waals surface area (Å²) in [6.45, 7) is 0. The molecule has 2 N–H and O–H groups in total. The Balaban J connectivity index is 3.07. The van der Waals surface area contributed by atoms with Crippen LogP contribution in [0.4, 0.5) is 5.82 Å². The Kier molecular flexibility index (Phi) is 6.07. The van der Waals surface area contributed by atoms with Gasteiger partial charge in [0.05, 0.1) is 5.69 Å². The molecular weight excluding hydrogens is 390 g/mol. The van der Waals surface area contributed by atoms with E-state index in [0.29, 0.717) is 11.1 Å². The SMILES string of the molecule is Nc1nc(CCBr)nc(CCBr)c1CBr. The monoisotopic (exact) mass is 399 g/mol. The van der Waals surface area contributed by atoms with E-state index < -0.39 is 0 Å². The molecule has 0 saturated carbocycles. The zero-order valence-electron chi connectivity index (χ0n) is 8.14. The van der Waals surface area contributed by atoms with Crippen molar-refractivity contribution in [2.45, 2.75) is 18.2 Å². The fourth-order valence-electron chi connectivity index (χ4n) is 1.24. The number of hydrogen-bond donors (Lipinski definition) is 1. The number of rotatable bonds is 5. The van der Waals surface area contributed by atoms with Crippen LogP contribution in [0.5, 0.6) is 0 Å². The summed E-state index contributed by atoms with van der Waals surface area (Å²) in [5.74, 6) is 1.40. The zero-order chi connectivity index (χ0) is 11.3. The molecule has 3 nitrogen and oxygen atoms in total. The smallest absolute Gasteiger partial charge is 0.131 e. The van der Waals surface area contributed by atoms with Gasteiger partial charge in [-0.2, -0.15) is 0 Å². The van der Waals surface area contributed by atoms with Crippen molar-refractivity contribution < 1.29 is 0 Å². The maximum atomic E-state index is 5.88. The highest BCUT2D eigenvalue weighted by Crippen LogP contribution is 2.18. The minimum absolute atomic E-state index is 0.591. The van der Waals surface area contributed by atoms with Crippen molar-refractivity contribution in [2.75, 3.05) is 16.4 Å². The molecule has 1 aromatic heterocycles. The van der Waals surface area contributed by atoms with E-state index >= 15 is 0 Å². The van der Waals surface area contributed by atoms with Crippen LogP contribution in [-0.4, -0.2) is 20.6 Å². The molecule has 0 fully saturated rings. The molecule has 0 aromatic carbocycles. The van der Waals surface area contributed by atoms with Crippen molar-refractivity contribution in [2.24, 2.45) is 0 Å². The number of halogens is 3. The standard InChI is InChI=1S/C9H12Br3N3/c10-3-1-7-6(5-12)9(13)15-8(14-7)2-4-11/h1-5H2,(H2,13,14,15). The average Bonchev–Trinajstić information content (AvgIpc) is 2.18. The maximum absolute atomic E-state index is 5.88. The minimum Gasteiger partial charge on any atom is -0.383 e. The first-order chi connectivity index (χ1) is 7.22. The number of nitrogens with zero attached hydrogens (tertiary/aromatic N) is 2. The van der Waals surface area contributed by atoms with Gasteiger partial charge in [-0.1, -0.05) is 47.8 Å². The van der Waals surface area contributed by atoms with Gasteiger partial charge in [0.1, 0.15) is 11.6 Å². The number of aryl methyl sites for hydroxylation is 2. The summed E-state index contributed by atoms with van der Waals surface area (Å²) >= 11 is 10.2. The third-order valence-electron chi connectivity index (χ3n) is 1.95. The molecule has 0 amide bonds. The lowest BCUT2D eigenvalue weighted by Gasteiger charge is -2.09. The molecule has 0 aliphatic carbocycles. The number of hydrogen-bond acceptors (Lipinski definition) is 3. The van der Waals surface area contributed by atoms with E-state index in [0.717, 1.165) is 40.6 Å². The van der Waals surface area contributed by atoms with E-state index in [1.54, 1.807) is 0 Å². The van der Waals surface area contributed by atoms with Crippen LogP contribution in [0.1, 0.15) is 17.1 Å². The highest BCUT2D eigenvalue weighted by atomic mass is 79.9. The van der Waals surface area contributed by atoms with Crippen LogP contribution in [0.25, 0.3) is 0 Å². The first-order valence-electron chi connectivity index (χ1n) is 4.55. The molecule has 6 heteroatoms. The molecule has 0 unspecified atom stereocenters. The lowest BCUT2D eigenvalue weighted by molar-refractivity contribution is 0.888. The molecule has 84 valence electrons. The van der Waals surface area contributed by atoms with Crippen LogP contribution in [-0.2, 0) is 18.2 Å². The van der Waals surface area contributed by atoms with Crippen molar-refractivity contribution in [3.8, 4) is 0 Å². The Morgan fingerprint density at radius 2 is 1.67 bits per heavy atom. The molecule has 0 saturated heterocycles. The molecule has 1 aromatic rings. The summed E-state index contributed by atoms with van der Waals surface area (Å²) in [4.78, 5) is 8.77. The van der Waals surface area contributed by atoms with Crippen LogP contribution in [0.15, 0.2) is 0 Å². The Bertz CT molecular complexity index is 331. The van der Waals surface area contributed by atoms with Crippen molar-refractivity contribution in [1.82, 2.24) is 9.97 Å². The number of aromatic nitrogens is 2. The largest absolute Gasteiger partial charge is 0.383 e. The van der Waals surface area contributed by atoms with E-state index in [9.17, 15) is 0 Å². The third-order valence-corrected chi connectivity index (χ3v) is 3.31. The Labute approximate surface area is 115 Å². The molecule has 0 aliphatic heterocycles. The van der Waals surface area contributed by atoms with Crippen molar-refractivity contribution >= 4 is 53.6 Å². The average molecular weight is 402 g/mol. The first kappa shape index (κ1) is 13.4. The zero-order valence-corrected chi connectivity index (χ0v) is 12.9. The van der Waals surface area contributed by atoms with Gasteiger partial charge >= 0.3 is 0 Å². The predicted octanol–water partition coefficient (Wildman–Crippen LogP) is 2.83. The van der Waals surface area contributed by atoms with Gasteiger partial charge in [0.15, 0.2) is 0 Å². The highest BCUT2D eigenvalue weighted by Gasteiger charge is 2.10. The summed E-state index contributed by atoms with van der Waals surface area (Å²) in [5, 5.41) is 2.45. The van der Waals surface area contributed by atoms with Gasteiger partial charge in [0.2, 0.25) is 0 Å². The second-order valence-corrected chi connectivity index (χ2v) is 5.11. The van der Waals surface area contributed by atoms with Gasteiger partial charge < -0.3 is 5.73 Å². The molecular formula is C9H12Br3N3. The molecule has 1 rings (SSSR count). The van der Waals surface area contributed by atoms with Gasteiger partial charge in [0.25, 0.3) is 0 Å². The summed E-state index contributed by atoms with van der Waals surface area (Å²) < 4.78 is 0. The minimum atomic E-state index is 0.591. The van der Waals surface area contributed by atoms with E-state index in [-0.39, 0.29) is 0 Å². The number of nitrogens with two attached hydrogens (primary N) is 1. The third kappa shape index (κ3) is 3.67. The van der Waals surface area contributed by atoms with E-state index in [1.165, 1.54) is 0 Å². The number of alkyl halides is 3. The Morgan fingerprint density at radius 3 is 2.20 bits per heavy atom. The summed E-state index contributed by atoms with van der Waals surface area (Å²) in [7, 11) is 0. The fraction of sp³-hybridized carbons (Fsp3) is 0.556. The topological polar surface area (TPSA) is 51.8 Å². The first-order valence-corrected chi connectivity index (χ1v) is 7.91. The fourth-order valence-corrected chi connectivity index (χ4v) is 2.58. The summed E-state index contributed by atoms with van der Waals surface area (Å²) in [6.07, 6.45) is 1.69. The number of nitrogen functional groups attached to an aromatic ring is 1. The van der Waals surface area contributed by atoms with Gasteiger partial charge in [-0.15, -0.1) is 0 Å². The van der Waals surface area contributed by atoms with Gasteiger partial charge in [-0.25, -0.2) is 9.97 Å². The van der Waals surface area contributed by atoms with Crippen LogP contribution in [0.3, 0.4) is 0 Å². The van der Waals surface area contributed by atoms with Crippen molar-refractivity contribution in [1.29, 1.82) is 0 Å². The second kappa shape index (κ2) is 6.81. The second-order valence-electron chi connectivity index (χ2n) is 2.96. The van der Waals surface area contributed by atoms with E-state index in [4.69, 9.17) is 5.73 Å². The van der Waals surface area contributed by atoms with Crippen LogP contribution < -0.4 is 5.73 Å². The quantitative estimate of drug-likeness (QED) is 0.772. The molecule has 0 radical (unpaired) electrons. The van der Waals surface area contributed by atoms with E-state index in [2.05, 4.69) is 57.8 Å². The lowest BCUT2D eigenvalue weighted by atomic mass is 10.2. The van der Waals surface area contributed by atoms with Gasteiger partial charge in [-0.05, 0) is 6.42 Å². The molecule has 1 heterocycles. The van der Waals surface area contributed by atoms with Crippen LogP contribution in [0.2, 0.25) is 0 Å². The van der Waals surface area contributed by atoms with Crippen molar-refractivity contribution in [3.63, 3.8) is 0 Å². The summed E-state index contributed by atoms with van der Waals surface area (Å²) in [5.41, 5.74) is 7.92. The lowest BCUT2D eigenvalue weighted by Crippen LogP contribution is -2.09. The molecule has 0 aliphatic rings. The van der Waals surface area contributed by atoms with Crippen LogP contribution >= 0.6 is 47.8 Å². The van der Waals surface area contributed by atoms with Gasteiger partial charge in [-0.3, -0.25) is 0 Å². The van der Waals surface area contributed by atoms with Gasteiger partial charge in [0, 0.05) is 28.0 Å². The summed E-state index contributed by atoms with van der Waals surface area (Å²) in [6, 6.07) is 0. The molecule has 0 atom stereocenters. The maximum Gasteiger partial charge on any atom is 0.131 e. The van der Waals surface area contributed by atoms with Crippen molar-refractivity contribution in [3.05, 3.63) is 17.1 Å². The Morgan fingerprint density at radius 1 is 1.00 bits per heavy atom. The van der Waals surface area contributed by atoms with Crippen LogP contribution in [0, 0.1) is 0 Å². The Hall–Kier alpha value is 0.320. The number of anilines is 1. The molecule has 15 heavy (non-hydrogen) atoms. The molecule has 0 bridgehead atoms. The van der Waals surface area contributed by atoms with E-state index in [1.807, 2.05) is 0 Å². The predicted molar refractivity (Wildman–Crippen MR) is 74.1 cm³/mol. The molecule has 0 spiro atoms. The highest BCUT2D eigenvalue weighted by molar-refractivity contribution is 9.09.